The number of nitrogens with one attached hydrogen (secondary N) is 3. The van der Waals surface area contributed by atoms with Crippen molar-refractivity contribution in [3.63, 3.8) is 0 Å². The summed E-state index contributed by atoms with van der Waals surface area (Å²) in [4.78, 5) is 63.3. The minimum atomic E-state index is -4.45. The van der Waals surface area contributed by atoms with Crippen LogP contribution in [-0.4, -0.2) is 211 Å². The van der Waals surface area contributed by atoms with Gasteiger partial charge in [-0.15, -0.1) is 0 Å². The van der Waals surface area contributed by atoms with Gasteiger partial charge in [-0.2, -0.15) is 26.3 Å². The molecule has 0 spiro atoms. The number of H-pyrrole nitrogens is 3. The van der Waals surface area contributed by atoms with E-state index in [1.165, 1.54) is 123 Å². The molecule has 0 radical (unpaired) electrons. The summed E-state index contributed by atoms with van der Waals surface area (Å²) in [7, 11) is 19.4. The van der Waals surface area contributed by atoms with Crippen LogP contribution >= 0.6 is 11.6 Å². The van der Waals surface area contributed by atoms with E-state index in [0.29, 0.717) is 81.5 Å². The maximum atomic E-state index is 13.9. The molecular formula is C95H106ClF6N19O7. The number of hydrogen-bond donors (Lipinski definition) is 3. The van der Waals surface area contributed by atoms with Crippen molar-refractivity contribution in [3.05, 3.63) is 203 Å². The van der Waals surface area contributed by atoms with E-state index in [1.807, 2.05) is 85.3 Å². The first kappa shape index (κ1) is 88.7. The van der Waals surface area contributed by atoms with Gasteiger partial charge in [0.1, 0.15) is 33.6 Å². The van der Waals surface area contributed by atoms with Gasteiger partial charge in [0.25, 0.3) is 5.88 Å². The van der Waals surface area contributed by atoms with Gasteiger partial charge in [0.05, 0.1) is 61.3 Å². The minimum Gasteiger partial charge on any atom is -0.480 e. The molecule has 26 nitrogen and oxygen atoms in total. The summed E-state index contributed by atoms with van der Waals surface area (Å²) in [5.74, 6) is 1.72. The molecule has 7 aliphatic rings. The zero-order valence-electron chi connectivity index (χ0n) is 73.4. The van der Waals surface area contributed by atoms with Crippen LogP contribution < -0.4 is 14.2 Å². The third kappa shape index (κ3) is 17.9. The van der Waals surface area contributed by atoms with E-state index in [1.54, 1.807) is 58.2 Å². The van der Waals surface area contributed by atoms with E-state index in [9.17, 15) is 26.3 Å². The molecule has 0 unspecified atom stereocenters. The second kappa shape index (κ2) is 38.1. The van der Waals surface area contributed by atoms with Gasteiger partial charge in [0, 0.05) is 153 Å². The van der Waals surface area contributed by atoms with Crippen LogP contribution in [0.25, 0.3) is 99.2 Å². The number of aromatic nitrogens is 12. The summed E-state index contributed by atoms with van der Waals surface area (Å²) in [5.41, 5.74) is 13.1. The number of pyridine rings is 7. The molecular weight excluding hydrogens is 1670 g/mol. The number of ether oxygens (including phenoxy) is 3. The Hall–Kier alpha value is -11.4. The highest BCUT2D eigenvalue weighted by Crippen LogP contribution is 2.49. The van der Waals surface area contributed by atoms with Gasteiger partial charge in [-0.05, 0) is 233 Å². The summed E-state index contributed by atoms with van der Waals surface area (Å²) < 4.78 is 120. The summed E-state index contributed by atoms with van der Waals surface area (Å²) >= 11 is 6.02. The smallest absolute Gasteiger partial charge is 0.417 e. The van der Waals surface area contributed by atoms with Crippen molar-refractivity contribution in [2.75, 3.05) is 116 Å². The maximum absolute atomic E-state index is 13.9. The standard InChI is InChI=1S/C17H15F3N2O.C17H18N2O2.C13H14F3N3.C13H16N2O2.C12H15N3O2.C12H15N3.C11H13ClN4/c1-22-8-4-6-12(22)11-9-21-16-14(15(11)17(18,19)20)10-5-2-3-7-13(10)23-16;1-19-9-5-7-13(19)12-10-18-17(20-2)16-15(12)11-6-3-4-8-14(11)21-16;1-19-6-2-3-10(19)9-7-18-12-8(4-5-17-12)11(9)13(14,15)16;1-15-6-3-4-11(15)10-8-14-13(16-2)9-5-7-17-12(9)10;1-15-5-3-4-9(15)8-6-13-12(16-2)10-11(8)17-7-14-10;1-15-6-2-3-11(15)10-7-9-4-5-13-12(9)14-8-10;1-16-4-2-3-8(16)7-5-13-11(12)10-9(7)14-6-15-10/h2-3,5,7,9,12H,4,6,8H2,1H3;3-4,6,8,10,13H,5,7,9H2,1-2H3;4-5,7,10H,2-3,6H2,1H3,(H,17,18);5,7-8,11H,3-4,6H2,1-2H3;6-7,9H,3-5H2,1-2H3;4-5,7-8,11H,2-3,6H2,1H3,(H,13,14);5-6,8H,2-4H2,1H3,(H,14,15)/t12-;13-;10-;11-;9-;11-;8-/m0000000/s1. The number of furan rings is 3. The molecule has 16 aromatic rings. The van der Waals surface area contributed by atoms with Crippen molar-refractivity contribution in [1.82, 2.24) is 94.1 Å². The lowest BCUT2D eigenvalue weighted by Gasteiger charge is -2.23. The van der Waals surface area contributed by atoms with Gasteiger partial charge in [-0.1, -0.05) is 48.0 Å². The fourth-order valence-electron chi connectivity index (χ4n) is 20.0. The molecule has 7 atom stereocenters. The molecule has 0 aliphatic carbocycles. The van der Waals surface area contributed by atoms with Gasteiger partial charge < -0.3 is 46.8 Å². The van der Waals surface area contributed by atoms with Crippen LogP contribution in [0.15, 0.2) is 165 Å². The minimum absolute atomic E-state index is 0.0444. The number of halogens is 7. The number of hydrogen-bond acceptors (Lipinski definition) is 23. The monoisotopic (exact) mass is 1770 g/mol. The van der Waals surface area contributed by atoms with Gasteiger partial charge in [0.15, 0.2) is 28.2 Å². The van der Waals surface area contributed by atoms with Crippen molar-refractivity contribution in [1.29, 1.82) is 0 Å². The number of methoxy groups -OCH3 is 3. The zero-order valence-corrected chi connectivity index (χ0v) is 74.2. The molecule has 23 rings (SSSR count). The molecule has 2 aromatic carbocycles. The molecule has 0 bridgehead atoms. The van der Waals surface area contributed by atoms with Crippen LogP contribution in [-0.2, 0) is 12.4 Å². The van der Waals surface area contributed by atoms with E-state index in [-0.39, 0.29) is 39.8 Å². The molecule has 0 saturated carbocycles. The van der Waals surface area contributed by atoms with Gasteiger partial charge in [-0.25, -0.2) is 44.9 Å². The molecule has 128 heavy (non-hydrogen) atoms. The third-order valence-corrected chi connectivity index (χ3v) is 26.8. The summed E-state index contributed by atoms with van der Waals surface area (Å²) in [6, 6.07) is 24.4. The molecule has 672 valence electrons. The largest absolute Gasteiger partial charge is 0.480 e. The second-order valence-electron chi connectivity index (χ2n) is 34.1. The highest BCUT2D eigenvalue weighted by Gasteiger charge is 2.43. The van der Waals surface area contributed by atoms with Crippen molar-refractivity contribution >= 4 is 111 Å². The van der Waals surface area contributed by atoms with Gasteiger partial charge in [0.2, 0.25) is 17.5 Å². The average molecular weight is 1780 g/mol. The molecule has 3 N–H and O–H groups in total. The van der Waals surface area contributed by atoms with Crippen LogP contribution in [0.3, 0.4) is 0 Å². The van der Waals surface area contributed by atoms with Crippen LogP contribution in [0.4, 0.5) is 26.3 Å². The fourth-order valence-corrected chi connectivity index (χ4v) is 20.2. The van der Waals surface area contributed by atoms with E-state index in [2.05, 4.69) is 138 Å². The second-order valence-corrected chi connectivity index (χ2v) is 34.5. The Balaban J connectivity index is 0.000000105. The number of aromatic amines is 3. The Bertz CT molecular complexity index is 6450. The lowest BCUT2D eigenvalue weighted by molar-refractivity contribution is -0.138. The Labute approximate surface area is 740 Å². The van der Waals surface area contributed by atoms with E-state index in [4.69, 9.17) is 43.5 Å². The first-order valence-electron chi connectivity index (χ1n) is 43.7. The van der Waals surface area contributed by atoms with Crippen LogP contribution in [0.2, 0.25) is 5.15 Å². The molecule has 21 heterocycles. The lowest BCUT2D eigenvalue weighted by Crippen LogP contribution is -2.21. The molecule has 33 heteroatoms. The number of alkyl halides is 6. The summed E-state index contributed by atoms with van der Waals surface area (Å²) in [6.07, 6.45) is 27.1. The molecule has 14 aromatic heterocycles. The number of benzene rings is 2. The van der Waals surface area contributed by atoms with Crippen LogP contribution in [0.1, 0.15) is 182 Å². The number of imidazole rings is 1. The first-order chi connectivity index (χ1) is 62.0. The molecule has 7 aliphatic heterocycles. The number of oxazole rings is 1. The maximum Gasteiger partial charge on any atom is 0.417 e. The highest BCUT2D eigenvalue weighted by atomic mass is 35.5. The zero-order chi connectivity index (χ0) is 89.2. The Morgan fingerprint density at radius 3 is 1.44 bits per heavy atom. The van der Waals surface area contributed by atoms with Crippen molar-refractivity contribution in [2.24, 2.45) is 0 Å². The molecule has 0 amide bonds. The van der Waals surface area contributed by atoms with E-state index in [0.717, 1.165) is 126 Å². The molecule has 7 fully saturated rings. The van der Waals surface area contributed by atoms with Crippen molar-refractivity contribution in [3.8, 4) is 17.6 Å². The summed E-state index contributed by atoms with van der Waals surface area (Å²) in [5, 5.41) is 5.66. The number of fused-ring (bicyclic) bond motifs is 11. The van der Waals surface area contributed by atoms with E-state index < -0.39 is 23.5 Å². The SMILES string of the molecule is CN1CCC[C@H]1c1cnc(Cl)c2[nH]cnc12.CN1CCC[C@H]1c1cnc2[nH]ccc2c1.CN1CCC[C@H]1c1cnc2[nH]ccc2c1C(F)(F)F.CN1CCC[C@H]1c1cnc2oc3ccccc3c2c1C(F)(F)F.COc1ncc([C@@H]2CCCN2C)c2c1oc1ccccc12.COc1ncc([C@@H]2CCCN2C)c2occc12.COc1ncc([C@@H]2CCCN2C)c2ocnc12. The van der Waals surface area contributed by atoms with Crippen molar-refractivity contribution in [2.45, 2.75) is 145 Å². The average Bonchev–Trinajstić information content (AvgIpc) is 1.64. The van der Waals surface area contributed by atoms with Gasteiger partial charge in [-0.3, -0.25) is 34.3 Å². The number of rotatable bonds is 10. The predicted molar refractivity (Wildman–Crippen MR) is 482 cm³/mol. The topological polar surface area (TPSA) is 266 Å². The number of para-hydroxylation sites is 2. The third-order valence-electron chi connectivity index (χ3n) is 26.5. The predicted octanol–water partition coefficient (Wildman–Crippen LogP) is 21.2. The first-order valence-corrected chi connectivity index (χ1v) is 44.1. The summed E-state index contributed by atoms with van der Waals surface area (Å²) in [6.45, 7) is 7.35. The lowest BCUT2D eigenvalue weighted by atomic mass is 9.96. The highest BCUT2D eigenvalue weighted by molar-refractivity contribution is 6.33. The Morgan fingerprint density at radius 2 is 0.859 bits per heavy atom. The van der Waals surface area contributed by atoms with E-state index >= 15 is 0 Å². The quantitative estimate of drug-likeness (QED) is 0.0848. The molecule has 7 saturated heterocycles. The fraction of sp³-hybridized carbons (Fsp3) is 0.421. The number of nitrogens with zero attached hydrogens (tertiary/aromatic N) is 16. The van der Waals surface area contributed by atoms with Crippen molar-refractivity contribution < 1.29 is 58.2 Å². The normalized spacial score (nSPS) is 21.0. The number of likely N-dealkylation sites (tertiary alicyclic amines) is 7. The Morgan fingerprint density at radius 1 is 0.391 bits per heavy atom. The van der Waals surface area contributed by atoms with Crippen LogP contribution in [0.5, 0.6) is 17.6 Å². The van der Waals surface area contributed by atoms with Gasteiger partial charge >= 0.3 is 12.4 Å². The Kier molecular flexibility index (Phi) is 26.4. The van der Waals surface area contributed by atoms with Crippen LogP contribution in [0, 0.1) is 0 Å².